The highest BCUT2D eigenvalue weighted by Crippen LogP contribution is 1.99. The maximum atomic E-state index is 12.2. The van der Waals surface area contributed by atoms with Gasteiger partial charge in [0.25, 0.3) is 0 Å². The van der Waals surface area contributed by atoms with E-state index in [2.05, 4.69) is 0 Å². The third-order valence-corrected chi connectivity index (χ3v) is 1.03. The SMILES string of the molecule is CCCCC(F)N[C]=O. The molecule has 0 aliphatic rings. The highest BCUT2D eigenvalue weighted by molar-refractivity contribution is 5.47. The van der Waals surface area contributed by atoms with Crippen molar-refractivity contribution in [3.8, 4) is 0 Å². The molecule has 0 aromatic heterocycles. The van der Waals surface area contributed by atoms with Gasteiger partial charge in [-0.3, -0.25) is 4.79 Å². The summed E-state index contributed by atoms with van der Waals surface area (Å²) in [6.45, 7) is 1.97. The van der Waals surface area contributed by atoms with Crippen LogP contribution in [0.3, 0.4) is 0 Å². The van der Waals surface area contributed by atoms with Crippen LogP contribution in [0.1, 0.15) is 26.2 Å². The van der Waals surface area contributed by atoms with Crippen LogP contribution in [0.15, 0.2) is 0 Å². The summed E-state index contributed by atoms with van der Waals surface area (Å²) in [5, 5.41) is 1.91. The van der Waals surface area contributed by atoms with Crippen molar-refractivity contribution >= 4 is 6.41 Å². The molecule has 0 fully saturated rings. The Labute approximate surface area is 54.4 Å². The molecule has 1 N–H and O–H groups in total. The van der Waals surface area contributed by atoms with Gasteiger partial charge in [-0.25, -0.2) is 4.39 Å². The molecule has 0 saturated carbocycles. The van der Waals surface area contributed by atoms with Crippen molar-refractivity contribution < 1.29 is 9.18 Å². The van der Waals surface area contributed by atoms with Gasteiger partial charge in [0.05, 0.1) is 0 Å². The molecule has 1 radical (unpaired) electrons. The van der Waals surface area contributed by atoms with E-state index in [4.69, 9.17) is 0 Å². The number of halogens is 1. The van der Waals surface area contributed by atoms with Crippen LogP contribution < -0.4 is 5.32 Å². The number of amides is 1. The number of unbranched alkanes of at least 4 members (excludes halogenated alkanes) is 1. The Morgan fingerprint density at radius 1 is 1.78 bits per heavy atom. The van der Waals surface area contributed by atoms with E-state index in [0.717, 1.165) is 12.8 Å². The summed E-state index contributed by atoms with van der Waals surface area (Å²) in [6, 6.07) is 0. The fourth-order valence-corrected chi connectivity index (χ4v) is 0.519. The zero-order valence-electron chi connectivity index (χ0n) is 5.48. The second-order valence-electron chi connectivity index (χ2n) is 1.86. The lowest BCUT2D eigenvalue weighted by atomic mass is 10.2. The highest BCUT2D eigenvalue weighted by Gasteiger charge is 2.01. The van der Waals surface area contributed by atoms with Crippen molar-refractivity contribution in [2.45, 2.75) is 32.5 Å². The molecule has 0 aromatic carbocycles. The summed E-state index contributed by atoms with van der Waals surface area (Å²) in [6.07, 6.45) is 2.24. The lowest BCUT2D eigenvalue weighted by molar-refractivity contribution is 0.282. The molecule has 53 valence electrons. The van der Waals surface area contributed by atoms with Gasteiger partial charge in [0.15, 0.2) is 6.30 Å². The van der Waals surface area contributed by atoms with Gasteiger partial charge in [-0.15, -0.1) is 0 Å². The van der Waals surface area contributed by atoms with Gasteiger partial charge in [0.2, 0.25) is 0 Å². The molecule has 0 aliphatic carbocycles. The van der Waals surface area contributed by atoms with E-state index in [0.29, 0.717) is 6.42 Å². The third-order valence-electron chi connectivity index (χ3n) is 1.03. The van der Waals surface area contributed by atoms with Crippen LogP contribution in [0.2, 0.25) is 0 Å². The smallest absolute Gasteiger partial charge is 0.311 e. The van der Waals surface area contributed by atoms with E-state index in [9.17, 15) is 9.18 Å². The topological polar surface area (TPSA) is 29.1 Å². The predicted octanol–water partition coefficient (Wildman–Crippen LogP) is 1.13. The van der Waals surface area contributed by atoms with E-state index in [1.54, 1.807) is 0 Å². The van der Waals surface area contributed by atoms with E-state index in [1.165, 1.54) is 6.41 Å². The highest BCUT2D eigenvalue weighted by atomic mass is 19.1. The average molecular weight is 132 g/mol. The van der Waals surface area contributed by atoms with Gasteiger partial charge >= 0.3 is 6.41 Å². The van der Waals surface area contributed by atoms with Crippen LogP contribution in [0.4, 0.5) is 4.39 Å². The van der Waals surface area contributed by atoms with Gasteiger partial charge in [0.1, 0.15) is 0 Å². The van der Waals surface area contributed by atoms with Gasteiger partial charge < -0.3 is 5.32 Å². The Bertz CT molecular complexity index is 77.5. The minimum absolute atomic E-state index is 0.395. The molecule has 3 heteroatoms. The standard InChI is InChI=1S/C6H11FNO/c1-2-3-4-6(7)8-5-9/h6H,2-4H2,1H3,(H,8,9). The van der Waals surface area contributed by atoms with Gasteiger partial charge in [-0.05, 0) is 12.8 Å². The third kappa shape index (κ3) is 5.27. The molecule has 0 aromatic rings. The molecule has 1 atom stereocenters. The first-order valence-electron chi connectivity index (χ1n) is 3.08. The maximum Gasteiger partial charge on any atom is 0.311 e. The number of hydrogen-bond donors (Lipinski definition) is 1. The van der Waals surface area contributed by atoms with Crippen molar-refractivity contribution in [2.75, 3.05) is 0 Å². The van der Waals surface area contributed by atoms with Gasteiger partial charge in [-0.1, -0.05) is 13.3 Å². The molecular formula is C6H11FNO. The first-order chi connectivity index (χ1) is 4.31. The minimum atomic E-state index is -1.21. The van der Waals surface area contributed by atoms with E-state index in [-0.39, 0.29) is 0 Å². The van der Waals surface area contributed by atoms with Crippen LogP contribution in [-0.2, 0) is 4.79 Å². The second kappa shape index (κ2) is 5.54. The monoisotopic (exact) mass is 132 g/mol. The molecule has 0 spiro atoms. The van der Waals surface area contributed by atoms with E-state index < -0.39 is 6.30 Å². The van der Waals surface area contributed by atoms with E-state index in [1.807, 2.05) is 12.2 Å². The summed E-state index contributed by atoms with van der Waals surface area (Å²) in [5.74, 6) is 0. The molecule has 0 bridgehead atoms. The first kappa shape index (κ1) is 8.40. The summed E-state index contributed by atoms with van der Waals surface area (Å²) < 4.78 is 12.2. The molecule has 1 amide bonds. The van der Waals surface area contributed by atoms with E-state index >= 15 is 0 Å². The fraction of sp³-hybridized carbons (Fsp3) is 0.833. The lowest BCUT2D eigenvalue weighted by Crippen LogP contribution is -2.22. The fourth-order valence-electron chi connectivity index (χ4n) is 0.519. The van der Waals surface area contributed by atoms with Crippen molar-refractivity contribution in [3.05, 3.63) is 0 Å². The predicted molar refractivity (Wildman–Crippen MR) is 33.3 cm³/mol. The van der Waals surface area contributed by atoms with Crippen LogP contribution in [0.25, 0.3) is 0 Å². The molecule has 2 nitrogen and oxygen atoms in total. The summed E-state index contributed by atoms with van der Waals surface area (Å²) in [5.41, 5.74) is 0. The van der Waals surface area contributed by atoms with Crippen LogP contribution in [0.5, 0.6) is 0 Å². The van der Waals surface area contributed by atoms with Crippen LogP contribution in [0, 0.1) is 0 Å². The molecule has 0 aliphatic heterocycles. The summed E-state index contributed by atoms with van der Waals surface area (Å²) >= 11 is 0. The summed E-state index contributed by atoms with van der Waals surface area (Å²) in [7, 11) is 0. The minimum Gasteiger partial charge on any atom is -0.318 e. The Hall–Kier alpha value is -0.600. The molecular weight excluding hydrogens is 121 g/mol. The Balaban J connectivity index is 3.04. The zero-order chi connectivity index (χ0) is 7.11. The first-order valence-corrected chi connectivity index (χ1v) is 3.08. The molecule has 0 saturated heterocycles. The number of carbonyl (C=O) groups excluding carboxylic acids is 1. The molecule has 1 unspecified atom stereocenters. The number of hydrogen-bond acceptors (Lipinski definition) is 1. The van der Waals surface area contributed by atoms with Crippen molar-refractivity contribution in [3.63, 3.8) is 0 Å². The van der Waals surface area contributed by atoms with Gasteiger partial charge in [0, 0.05) is 0 Å². The average Bonchev–Trinajstić information content (AvgIpc) is 1.85. The zero-order valence-corrected chi connectivity index (χ0v) is 5.48. The lowest BCUT2D eigenvalue weighted by Gasteiger charge is -2.02. The number of nitrogens with one attached hydrogen (secondary N) is 1. The molecule has 9 heavy (non-hydrogen) atoms. The summed E-state index contributed by atoms with van der Waals surface area (Å²) in [4.78, 5) is 9.50. The second-order valence-corrected chi connectivity index (χ2v) is 1.86. The Morgan fingerprint density at radius 3 is 2.89 bits per heavy atom. The van der Waals surface area contributed by atoms with Crippen molar-refractivity contribution in [1.29, 1.82) is 0 Å². The van der Waals surface area contributed by atoms with Crippen LogP contribution in [-0.4, -0.2) is 12.7 Å². The molecule has 0 rings (SSSR count). The number of alkyl halides is 1. The van der Waals surface area contributed by atoms with Gasteiger partial charge in [-0.2, -0.15) is 0 Å². The van der Waals surface area contributed by atoms with Crippen molar-refractivity contribution in [1.82, 2.24) is 5.32 Å². The maximum absolute atomic E-state index is 12.2. The largest absolute Gasteiger partial charge is 0.318 e. The number of rotatable bonds is 5. The van der Waals surface area contributed by atoms with Crippen LogP contribution >= 0.6 is 0 Å². The molecule has 0 heterocycles. The Morgan fingerprint density at radius 2 is 2.44 bits per heavy atom. The van der Waals surface area contributed by atoms with Crippen molar-refractivity contribution in [2.24, 2.45) is 0 Å². The normalized spacial score (nSPS) is 12.7. The quantitative estimate of drug-likeness (QED) is 0.441. The Kier molecular flexibility index (Phi) is 5.17.